The van der Waals surface area contributed by atoms with E-state index in [1.54, 1.807) is 0 Å². The Balaban J connectivity index is 4.35. The van der Waals surface area contributed by atoms with E-state index in [-0.39, 0.29) is 0 Å². The number of aliphatic carboxylic acids is 1. The molecular formula is C13H25NO2. The molecule has 3 heteroatoms. The van der Waals surface area contributed by atoms with Crippen LogP contribution in [0, 0.1) is 22.6 Å². The molecule has 1 aliphatic rings. The predicted molar refractivity (Wildman–Crippen MR) is 65.1 cm³/mol. The molecule has 0 aromatic heterocycles. The van der Waals surface area contributed by atoms with Gasteiger partial charge in [-0.25, -0.2) is 0 Å². The molecule has 1 saturated carbocycles. The fourth-order valence-electron chi connectivity index (χ4n) is 1.65. The Kier molecular flexibility index (Phi) is 1.35. The fourth-order valence-corrected chi connectivity index (χ4v) is 1.65. The summed E-state index contributed by atoms with van der Waals surface area (Å²) in [7, 11) is 0. The second kappa shape index (κ2) is 4.36. The molecule has 3 unspecified atom stereocenters. The molecule has 1 rings (SSSR count). The molecule has 1 fully saturated rings. The van der Waals surface area contributed by atoms with Gasteiger partial charge in [0, 0.05) is 13.7 Å². The molecule has 16 heavy (non-hydrogen) atoms. The third kappa shape index (κ3) is 2.10. The van der Waals surface area contributed by atoms with E-state index in [0.717, 1.165) is 13.8 Å². The first-order valence-corrected chi connectivity index (χ1v) is 4.97. The van der Waals surface area contributed by atoms with Gasteiger partial charge in [-0.2, -0.15) is 0 Å². The maximum atomic E-state index is 11.7. The van der Waals surface area contributed by atoms with Crippen molar-refractivity contribution in [2.45, 2.75) is 46.8 Å². The predicted octanol–water partition coefficient (Wildman–Crippen LogP) is 2.50. The van der Waals surface area contributed by atoms with E-state index in [2.05, 4.69) is 0 Å². The molecule has 0 heterocycles. The zero-order valence-electron chi connectivity index (χ0n) is 19.9. The van der Waals surface area contributed by atoms with Crippen LogP contribution in [0.5, 0.6) is 0 Å². The molecule has 0 bridgehead atoms. The molecule has 3 nitrogen and oxygen atoms in total. The minimum absolute atomic E-state index is 0.915. The molecule has 0 aromatic carbocycles. The van der Waals surface area contributed by atoms with E-state index in [1.807, 2.05) is 0 Å². The van der Waals surface area contributed by atoms with Crippen LogP contribution in [0.1, 0.15) is 60.5 Å². The summed E-state index contributed by atoms with van der Waals surface area (Å²) in [6.45, 7) is 0.870. The quantitative estimate of drug-likeness (QED) is 0.792. The maximum Gasteiger partial charge on any atom is 0.303 e. The van der Waals surface area contributed by atoms with E-state index in [4.69, 9.17) is 19.4 Å². The van der Waals surface area contributed by atoms with Gasteiger partial charge in [0.1, 0.15) is 0 Å². The van der Waals surface area contributed by atoms with E-state index in [9.17, 15) is 9.90 Å². The molecule has 0 aliphatic heterocycles. The van der Waals surface area contributed by atoms with Crippen LogP contribution in [0.15, 0.2) is 0 Å². The van der Waals surface area contributed by atoms with E-state index in [1.165, 1.54) is 13.8 Å². The smallest absolute Gasteiger partial charge is 0.303 e. The molecule has 0 aromatic rings. The van der Waals surface area contributed by atoms with Gasteiger partial charge >= 0.3 is 5.97 Å². The van der Waals surface area contributed by atoms with Crippen LogP contribution in [-0.2, 0) is 4.79 Å². The third-order valence-electron chi connectivity index (χ3n) is 3.39. The summed E-state index contributed by atoms with van der Waals surface area (Å²) >= 11 is 0. The number of hydrogen-bond donors (Lipinski definition) is 2. The highest BCUT2D eigenvalue weighted by Crippen LogP contribution is 2.54. The summed E-state index contributed by atoms with van der Waals surface area (Å²) in [6, 6.07) is 0. The molecule has 0 spiro atoms. The SMILES string of the molecule is [2H]C([2H])(N)C1(C([2H])([2H])C(=O)O)C([2H])([2H])C([2H])([2H])C([2H])(C)C(C)(C)C1([2H])C. The summed E-state index contributed by atoms with van der Waals surface area (Å²) in [6.07, 6.45) is -10.7. The van der Waals surface area contributed by atoms with E-state index in [0.29, 0.717) is 0 Å². The van der Waals surface area contributed by atoms with E-state index < -0.39 is 54.2 Å². The number of carbonyl (C=O) groups is 1. The molecule has 0 saturated heterocycles. The number of carboxylic acids is 1. The summed E-state index contributed by atoms with van der Waals surface area (Å²) in [5.41, 5.74) is 0.0806. The number of rotatable bonds is 3. The molecule has 3 N–H and O–H groups in total. The first-order valence-electron chi connectivity index (χ1n) is 9.97. The first kappa shape index (κ1) is 4.97. The highest BCUT2D eigenvalue weighted by molar-refractivity contribution is 5.67. The lowest BCUT2D eigenvalue weighted by atomic mass is 9.52. The zero-order valence-corrected chi connectivity index (χ0v) is 9.93. The molecule has 0 radical (unpaired) electrons. The highest BCUT2D eigenvalue weighted by atomic mass is 16.4. The van der Waals surface area contributed by atoms with Gasteiger partial charge < -0.3 is 10.8 Å². The second-order valence-electron chi connectivity index (χ2n) is 4.45. The maximum absolute atomic E-state index is 11.7. The van der Waals surface area contributed by atoms with Crippen molar-refractivity contribution < 1.29 is 23.6 Å². The second-order valence-corrected chi connectivity index (χ2v) is 4.45. The van der Waals surface area contributed by atoms with Crippen molar-refractivity contribution in [2.24, 2.45) is 28.4 Å². The minimum Gasteiger partial charge on any atom is -0.481 e. The van der Waals surface area contributed by atoms with Crippen molar-refractivity contribution in [1.82, 2.24) is 0 Å². The molecule has 94 valence electrons. The van der Waals surface area contributed by atoms with Crippen LogP contribution in [0.2, 0.25) is 0 Å². The van der Waals surface area contributed by atoms with Crippen molar-refractivity contribution in [2.75, 3.05) is 6.50 Å². The average Bonchev–Trinajstić information content (AvgIpc) is 2.33. The van der Waals surface area contributed by atoms with Crippen LogP contribution < -0.4 is 5.73 Å². The van der Waals surface area contributed by atoms with Crippen LogP contribution in [0.3, 0.4) is 0 Å². The molecular weight excluding hydrogens is 202 g/mol. The first-order chi connectivity index (χ1) is 10.9. The Morgan fingerprint density at radius 1 is 1.69 bits per heavy atom. The highest BCUT2D eigenvalue weighted by Gasteiger charge is 2.49. The van der Waals surface area contributed by atoms with Gasteiger partial charge in [-0.05, 0) is 41.9 Å². The third-order valence-corrected chi connectivity index (χ3v) is 3.39. The van der Waals surface area contributed by atoms with Crippen LogP contribution >= 0.6 is 0 Å². The van der Waals surface area contributed by atoms with Crippen molar-refractivity contribution >= 4 is 5.97 Å². The molecule has 3 atom stereocenters. The van der Waals surface area contributed by atoms with Crippen LogP contribution in [0.25, 0.3) is 0 Å². The van der Waals surface area contributed by atoms with Gasteiger partial charge in [0.15, 0.2) is 0 Å². The van der Waals surface area contributed by atoms with Crippen molar-refractivity contribution in [3.05, 3.63) is 0 Å². The Morgan fingerprint density at radius 2 is 2.25 bits per heavy atom. The lowest BCUT2D eigenvalue weighted by Crippen LogP contribution is -2.50. The van der Waals surface area contributed by atoms with Gasteiger partial charge in [0.25, 0.3) is 0 Å². The van der Waals surface area contributed by atoms with Gasteiger partial charge in [-0.1, -0.05) is 27.7 Å². The number of hydrogen-bond acceptors (Lipinski definition) is 2. The van der Waals surface area contributed by atoms with Crippen molar-refractivity contribution in [3.63, 3.8) is 0 Å². The summed E-state index contributed by atoms with van der Waals surface area (Å²) in [5.74, 6) is -7.26. The Labute approximate surface area is 112 Å². The number of carboxylic acid groups (broad SMARTS) is 1. The largest absolute Gasteiger partial charge is 0.481 e. The van der Waals surface area contributed by atoms with Gasteiger partial charge in [-0.15, -0.1) is 0 Å². The zero-order chi connectivity index (χ0) is 21.6. The molecule has 0 amide bonds. The lowest BCUT2D eigenvalue weighted by Gasteiger charge is -2.53. The monoisotopic (exact) mass is 237 g/mol. The minimum atomic E-state index is -3.77. The Bertz CT molecular complexity index is 591. The summed E-state index contributed by atoms with van der Waals surface area (Å²) < 4.78 is 82.5. The normalized spacial score (nSPS) is 64.8. The Morgan fingerprint density at radius 3 is 2.69 bits per heavy atom. The fraction of sp³-hybridized carbons (Fsp3) is 0.923. The average molecular weight is 237 g/mol. The summed E-state index contributed by atoms with van der Waals surface area (Å²) in [5, 5.41) is 9.44. The van der Waals surface area contributed by atoms with Gasteiger partial charge in [-0.3, -0.25) is 4.79 Å². The van der Waals surface area contributed by atoms with Crippen molar-refractivity contribution in [3.8, 4) is 0 Å². The topological polar surface area (TPSA) is 63.3 Å². The van der Waals surface area contributed by atoms with E-state index >= 15 is 0 Å². The standard InChI is InChI=1S/C13H25NO2/c1-9-5-6-13(8-14,7-11(15)16)10(2)12(9,3)4/h9-10H,5-8,14H2,1-4H3,(H,15,16)/i5D2,6D2,7D2,8D2,9D,10D. The lowest BCUT2D eigenvalue weighted by molar-refractivity contribution is -0.144. The van der Waals surface area contributed by atoms with Gasteiger partial charge in [0.2, 0.25) is 0 Å². The van der Waals surface area contributed by atoms with Crippen LogP contribution in [0.4, 0.5) is 0 Å². The summed E-state index contributed by atoms with van der Waals surface area (Å²) in [4.78, 5) is 11.7. The van der Waals surface area contributed by atoms with Crippen molar-refractivity contribution in [1.29, 1.82) is 0 Å². The Hall–Kier alpha value is -0.570. The molecule has 1 aliphatic carbocycles. The van der Waals surface area contributed by atoms with Gasteiger partial charge in [0.05, 0.1) is 6.37 Å². The van der Waals surface area contributed by atoms with Crippen LogP contribution in [-0.4, -0.2) is 17.6 Å². The number of nitrogens with two attached hydrogens (primary N) is 1.